The highest BCUT2D eigenvalue weighted by Crippen LogP contribution is 2.42. The molecule has 0 saturated carbocycles. The van der Waals surface area contributed by atoms with Crippen molar-refractivity contribution in [2.75, 3.05) is 0 Å². The SMILES string of the molecule is O=C(O)Cc1c(-c2ccc(-c3sc4ccccc4c3CC(=O)O)cc2)sc2ccccc12. The van der Waals surface area contributed by atoms with E-state index in [-0.39, 0.29) is 12.8 Å². The van der Waals surface area contributed by atoms with Crippen molar-refractivity contribution >= 4 is 54.8 Å². The molecule has 5 aromatic rings. The Kier molecular flexibility index (Phi) is 5.25. The van der Waals surface area contributed by atoms with Gasteiger partial charge in [-0.2, -0.15) is 0 Å². The molecule has 2 heterocycles. The average Bonchev–Trinajstić information content (AvgIpc) is 3.32. The lowest BCUT2D eigenvalue weighted by Gasteiger charge is -2.06. The molecule has 32 heavy (non-hydrogen) atoms. The molecule has 4 nitrogen and oxygen atoms in total. The fourth-order valence-electron chi connectivity index (χ4n) is 4.09. The zero-order valence-electron chi connectivity index (χ0n) is 16.9. The number of carbonyl (C=O) groups is 2. The number of carboxylic acid groups (broad SMARTS) is 2. The molecule has 0 amide bonds. The van der Waals surface area contributed by atoms with E-state index >= 15 is 0 Å². The lowest BCUT2D eigenvalue weighted by atomic mass is 10.00. The number of thiophene rings is 2. The van der Waals surface area contributed by atoms with Crippen LogP contribution in [0.1, 0.15) is 11.1 Å². The molecule has 0 unspecified atom stereocenters. The summed E-state index contributed by atoms with van der Waals surface area (Å²) in [5.74, 6) is -1.70. The summed E-state index contributed by atoms with van der Waals surface area (Å²) in [5, 5.41) is 20.8. The Labute approximate surface area is 192 Å². The van der Waals surface area contributed by atoms with Gasteiger partial charge >= 0.3 is 11.9 Å². The summed E-state index contributed by atoms with van der Waals surface area (Å²) in [4.78, 5) is 24.9. The quantitative estimate of drug-likeness (QED) is 0.297. The summed E-state index contributed by atoms with van der Waals surface area (Å²) in [7, 11) is 0. The van der Waals surface area contributed by atoms with Gasteiger partial charge in [0.1, 0.15) is 0 Å². The second-order valence-corrected chi connectivity index (χ2v) is 9.63. The third-order valence-electron chi connectivity index (χ3n) is 5.46. The Morgan fingerprint density at radius 2 is 0.969 bits per heavy atom. The van der Waals surface area contributed by atoms with Crippen molar-refractivity contribution in [1.29, 1.82) is 0 Å². The number of hydrogen-bond acceptors (Lipinski definition) is 4. The van der Waals surface area contributed by atoms with Crippen molar-refractivity contribution < 1.29 is 19.8 Å². The first-order valence-electron chi connectivity index (χ1n) is 10.1. The molecule has 2 aromatic heterocycles. The van der Waals surface area contributed by atoms with Crippen molar-refractivity contribution in [2.45, 2.75) is 12.8 Å². The van der Waals surface area contributed by atoms with Crippen LogP contribution in [0.3, 0.4) is 0 Å². The van der Waals surface area contributed by atoms with Crippen LogP contribution in [0.2, 0.25) is 0 Å². The average molecular weight is 459 g/mol. The van der Waals surface area contributed by atoms with Crippen LogP contribution in [-0.2, 0) is 22.4 Å². The van der Waals surface area contributed by atoms with Gasteiger partial charge < -0.3 is 10.2 Å². The first kappa shape index (κ1) is 20.4. The second-order valence-electron chi connectivity index (χ2n) is 7.53. The second kappa shape index (κ2) is 8.22. The van der Waals surface area contributed by atoms with Crippen molar-refractivity contribution in [3.8, 4) is 20.9 Å². The van der Waals surface area contributed by atoms with E-state index in [1.165, 1.54) is 0 Å². The van der Waals surface area contributed by atoms with Crippen molar-refractivity contribution in [3.63, 3.8) is 0 Å². The zero-order valence-corrected chi connectivity index (χ0v) is 18.5. The van der Waals surface area contributed by atoms with Gasteiger partial charge in [0.25, 0.3) is 0 Å². The Bertz CT molecular complexity index is 1360. The predicted octanol–water partition coefficient (Wildman–Crippen LogP) is 6.70. The topological polar surface area (TPSA) is 74.6 Å². The van der Waals surface area contributed by atoms with Gasteiger partial charge in [0, 0.05) is 19.2 Å². The molecule has 0 aliphatic carbocycles. The van der Waals surface area contributed by atoms with Gasteiger partial charge in [-0.15, -0.1) is 22.7 Å². The van der Waals surface area contributed by atoms with Gasteiger partial charge in [0.05, 0.1) is 12.8 Å². The van der Waals surface area contributed by atoms with Crippen molar-refractivity contribution in [1.82, 2.24) is 0 Å². The maximum absolute atomic E-state index is 11.5. The lowest BCUT2D eigenvalue weighted by Crippen LogP contribution is -2.00. The largest absolute Gasteiger partial charge is 0.481 e. The smallest absolute Gasteiger partial charge is 0.307 e. The minimum Gasteiger partial charge on any atom is -0.481 e. The highest BCUT2D eigenvalue weighted by Gasteiger charge is 2.18. The standard InChI is InChI=1S/C26H18O4S2/c27-23(28)13-19-17-5-1-3-7-21(17)31-25(19)15-9-11-16(12-10-15)26-20(14-24(29)30)18-6-2-4-8-22(18)32-26/h1-12H,13-14H2,(H,27,28)(H,29,30). The monoisotopic (exact) mass is 458 g/mol. The predicted molar refractivity (Wildman–Crippen MR) is 131 cm³/mol. The molecule has 0 bridgehead atoms. The Morgan fingerprint density at radius 1 is 0.594 bits per heavy atom. The fourth-order valence-corrected chi connectivity index (χ4v) is 6.54. The first-order chi connectivity index (χ1) is 15.5. The number of aliphatic carboxylic acids is 2. The summed E-state index contributed by atoms with van der Waals surface area (Å²) >= 11 is 3.20. The van der Waals surface area contributed by atoms with E-state index in [9.17, 15) is 19.8 Å². The highest BCUT2D eigenvalue weighted by atomic mass is 32.1. The van der Waals surface area contributed by atoms with Gasteiger partial charge in [-0.3, -0.25) is 9.59 Å². The van der Waals surface area contributed by atoms with E-state index in [0.717, 1.165) is 52.2 Å². The summed E-state index contributed by atoms with van der Waals surface area (Å²) < 4.78 is 2.13. The zero-order chi connectivity index (χ0) is 22.2. The van der Waals surface area contributed by atoms with Crippen molar-refractivity contribution in [3.05, 3.63) is 83.9 Å². The molecule has 0 saturated heterocycles. The van der Waals surface area contributed by atoms with E-state index in [2.05, 4.69) is 0 Å². The molecule has 0 aliphatic rings. The first-order valence-corrected chi connectivity index (χ1v) is 11.7. The molecule has 0 radical (unpaired) electrons. The van der Waals surface area contributed by atoms with Crippen molar-refractivity contribution in [2.24, 2.45) is 0 Å². The minimum absolute atomic E-state index is 0.0276. The molecule has 3 aromatic carbocycles. The highest BCUT2D eigenvalue weighted by molar-refractivity contribution is 7.23. The van der Waals surface area contributed by atoms with Crippen LogP contribution in [0.25, 0.3) is 41.1 Å². The molecule has 0 fully saturated rings. The third-order valence-corrected chi connectivity index (χ3v) is 7.99. The number of carboxylic acids is 2. The molecule has 158 valence electrons. The fraction of sp³-hybridized carbons (Fsp3) is 0.0769. The van der Waals surface area contributed by atoms with Gasteiger partial charge in [0.2, 0.25) is 0 Å². The summed E-state index contributed by atoms with van der Waals surface area (Å²) in [6.07, 6.45) is -0.0552. The summed E-state index contributed by atoms with van der Waals surface area (Å²) in [6, 6.07) is 23.7. The van der Waals surface area contributed by atoms with E-state index in [1.54, 1.807) is 22.7 Å². The number of fused-ring (bicyclic) bond motifs is 2. The number of hydrogen-bond donors (Lipinski definition) is 2. The Balaban J connectivity index is 1.60. The van der Waals surface area contributed by atoms with E-state index < -0.39 is 11.9 Å². The van der Waals surface area contributed by atoms with E-state index in [1.807, 2.05) is 72.8 Å². The van der Waals surface area contributed by atoms with Gasteiger partial charge in [0.15, 0.2) is 0 Å². The Hall–Kier alpha value is -3.48. The van der Waals surface area contributed by atoms with E-state index in [0.29, 0.717) is 0 Å². The normalized spacial score (nSPS) is 11.2. The Morgan fingerprint density at radius 3 is 1.34 bits per heavy atom. The van der Waals surface area contributed by atoms with Crippen LogP contribution < -0.4 is 0 Å². The molecular weight excluding hydrogens is 440 g/mol. The van der Waals surface area contributed by atoms with Crippen LogP contribution >= 0.6 is 22.7 Å². The van der Waals surface area contributed by atoms with Crippen LogP contribution in [0, 0.1) is 0 Å². The summed E-state index contributed by atoms with van der Waals surface area (Å²) in [5.41, 5.74) is 3.60. The summed E-state index contributed by atoms with van der Waals surface area (Å²) in [6.45, 7) is 0. The molecule has 0 spiro atoms. The molecule has 0 aliphatic heterocycles. The van der Waals surface area contributed by atoms with Gasteiger partial charge in [-0.25, -0.2) is 0 Å². The van der Waals surface area contributed by atoms with Crippen LogP contribution in [-0.4, -0.2) is 22.2 Å². The van der Waals surface area contributed by atoms with Crippen LogP contribution in [0.4, 0.5) is 0 Å². The van der Waals surface area contributed by atoms with Crippen LogP contribution in [0.5, 0.6) is 0 Å². The molecule has 6 heteroatoms. The lowest BCUT2D eigenvalue weighted by molar-refractivity contribution is -0.137. The van der Waals surface area contributed by atoms with Crippen LogP contribution in [0.15, 0.2) is 72.8 Å². The third kappa shape index (κ3) is 3.68. The molecule has 2 N–H and O–H groups in total. The number of rotatable bonds is 6. The molecule has 0 atom stereocenters. The maximum Gasteiger partial charge on any atom is 0.307 e. The van der Waals surface area contributed by atoms with Gasteiger partial charge in [-0.1, -0.05) is 60.7 Å². The molecule has 5 rings (SSSR count). The molecular formula is C26H18O4S2. The van der Waals surface area contributed by atoms with E-state index in [4.69, 9.17) is 0 Å². The number of benzene rings is 3. The minimum atomic E-state index is -0.852. The maximum atomic E-state index is 11.5. The van der Waals surface area contributed by atoms with Gasteiger partial charge in [-0.05, 0) is 45.2 Å².